The minimum atomic E-state index is -3.73. The summed E-state index contributed by atoms with van der Waals surface area (Å²) in [6, 6.07) is 3.05. The molecule has 1 aromatic rings. The first-order chi connectivity index (χ1) is 8.39. The molecule has 0 fully saturated rings. The fraction of sp³-hybridized carbons (Fsp3) is 0.455. The second kappa shape index (κ2) is 5.55. The number of aliphatic hydroxyl groups is 1. The number of ether oxygens (including phenoxy) is 2. The van der Waals surface area contributed by atoms with Gasteiger partial charge in [-0.1, -0.05) is 0 Å². The van der Waals surface area contributed by atoms with Gasteiger partial charge >= 0.3 is 0 Å². The largest absolute Gasteiger partial charge is 0.496 e. The van der Waals surface area contributed by atoms with Gasteiger partial charge in [-0.3, -0.25) is 0 Å². The second-order valence-electron chi connectivity index (χ2n) is 3.72. The predicted octanol–water partition coefficient (Wildman–Crippen LogP) is 0.446. The van der Waals surface area contributed by atoms with Crippen LogP contribution >= 0.6 is 0 Å². The van der Waals surface area contributed by atoms with E-state index in [1.165, 1.54) is 34.4 Å². The van der Waals surface area contributed by atoms with Crippen molar-refractivity contribution in [2.24, 2.45) is 0 Å². The minimum Gasteiger partial charge on any atom is -0.496 e. The van der Waals surface area contributed by atoms with Gasteiger partial charge in [-0.15, -0.1) is 0 Å². The molecule has 0 bridgehead atoms. The molecule has 0 aliphatic heterocycles. The SMILES string of the molecule is COc1ccc(OC)c(S(=O)(=O)N(C)C)c1CO. The van der Waals surface area contributed by atoms with Crippen LogP contribution in [0.1, 0.15) is 5.56 Å². The van der Waals surface area contributed by atoms with E-state index in [0.29, 0.717) is 5.75 Å². The number of methoxy groups -OCH3 is 2. The van der Waals surface area contributed by atoms with Crippen LogP contribution in [0.5, 0.6) is 11.5 Å². The van der Waals surface area contributed by atoms with E-state index in [4.69, 9.17) is 9.47 Å². The van der Waals surface area contributed by atoms with E-state index in [9.17, 15) is 13.5 Å². The van der Waals surface area contributed by atoms with Crippen LogP contribution in [0.3, 0.4) is 0 Å². The highest BCUT2D eigenvalue weighted by Crippen LogP contribution is 2.35. The summed E-state index contributed by atoms with van der Waals surface area (Å²) in [7, 11) is 1.88. The number of hydrogen-bond donors (Lipinski definition) is 1. The number of sulfonamides is 1. The molecule has 18 heavy (non-hydrogen) atoms. The maximum absolute atomic E-state index is 12.2. The Morgan fingerprint density at radius 3 is 2.06 bits per heavy atom. The van der Waals surface area contributed by atoms with Crippen LogP contribution in [0.4, 0.5) is 0 Å². The fourth-order valence-electron chi connectivity index (χ4n) is 1.56. The van der Waals surface area contributed by atoms with Crippen LogP contribution in [0, 0.1) is 0 Å². The highest BCUT2D eigenvalue weighted by Gasteiger charge is 2.28. The molecule has 0 saturated carbocycles. The summed E-state index contributed by atoms with van der Waals surface area (Å²) >= 11 is 0. The lowest BCUT2D eigenvalue weighted by atomic mass is 10.2. The monoisotopic (exact) mass is 275 g/mol. The van der Waals surface area contributed by atoms with Gasteiger partial charge in [0.15, 0.2) is 0 Å². The van der Waals surface area contributed by atoms with Crippen molar-refractivity contribution in [3.63, 3.8) is 0 Å². The van der Waals surface area contributed by atoms with Crippen molar-refractivity contribution < 1.29 is 23.0 Å². The van der Waals surface area contributed by atoms with Crippen molar-refractivity contribution in [3.8, 4) is 11.5 Å². The average Bonchev–Trinajstić information content (AvgIpc) is 2.36. The molecular weight excluding hydrogens is 258 g/mol. The van der Waals surface area contributed by atoms with Crippen LogP contribution in [0.25, 0.3) is 0 Å². The number of hydrogen-bond acceptors (Lipinski definition) is 5. The third kappa shape index (κ3) is 2.43. The molecule has 0 radical (unpaired) electrons. The summed E-state index contributed by atoms with van der Waals surface area (Å²) in [6.45, 7) is -0.456. The molecule has 1 rings (SSSR count). The van der Waals surface area contributed by atoms with Crippen LogP contribution < -0.4 is 9.47 Å². The zero-order chi connectivity index (χ0) is 13.9. The maximum atomic E-state index is 12.2. The molecule has 0 aliphatic rings. The molecule has 6 nitrogen and oxygen atoms in total. The van der Waals surface area contributed by atoms with Crippen molar-refractivity contribution in [2.45, 2.75) is 11.5 Å². The first kappa shape index (κ1) is 14.7. The number of aliphatic hydroxyl groups excluding tert-OH is 1. The molecule has 0 heterocycles. The molecular formula is C11H17NO5S. The summed E-state index contributed by atoms with van der Waals surface area (Å²) in [6.07, 6.45) is 0. The Hall–Kier alpha value is -1.31. The number of nitrogens with zero attached hydrogens (tertiary/aromatic N) is 1. The Balaban J connectivity index is 3.67. The minimum absolute atomic E-state index is 0.0724. The van der Waals surface area contributed by atoms with E-state index < -0.39 is 16.6 Å². The summed E-state index contributed by atoms with van der Waals surface area (Å²) < 4.78 is 35.6. The number of benzene rings is 1. The third-order valence-electron chi connectivity index (χ3n) is 2.52. The molecule has 0 unspecified atom stereocenters. The molecule has 0 spiro atoms. The highest BCUT2D eigenvalue weighted by atomic mass is 32.2. The zero-order valence-corrected chi connectivity index (χ0v) is 11.6. The quantitative estimate of drug-likeness (QED) is 0.844. The van der Waals surface area contributed by atoms with E-state index in [-0.39, 0.29) is 16.2 Å². The lowest BCUT2D eigenvalue weighted by molar-refractivity contribution is 0.267. The lowest BCUT2D eigenvalue weighted by Gasteiger charge is -2.19. The molecule has 102 valence electrons. The van der Waals surface area contributed by atoms with E-state index in [2.05, 4.69) is 0 Å². The van der Waals surface area contributed by atoms with Gasteiger partial charge in [-0.2, -0.15) is 0 Å². The molecule has 0 atom stereocenters. The van der Waals surface area contributed by atoms with Gasteiger partial charge < -0.3 is 14.6 Å². The highest BCUT2D eigenvalue weighted by molar-refractivity contribution is 7.89. The third-order valence-corrected chi connectivity index (χ3v) is 4.44. The average molecular weight is 275 g/mol. The molecule has 1 N–H and O–H groups in total. The summed E-state index contributed by atoms with van der Waals surface area (Å²) in [5.74, 6) is 0.479. The molecule has 0 aliphatic carbocycles. The van der Waals surface area contributed by atoms with E-state index >= 15 is 0 Å². The summed E-state index contributed by atoms with van der Waals surface area (Å²) in [5.41, 5.74) is 0.186. The Morgan fingerprint density at radius 1 is 1.17 bits per heavy atom. The molecule has 0 saturated heterocycles. The van der Waals surface area contributed by atoms with Gasteiger partial charge in [0, 0.05) is 19.7 Å². The smallest absolute Gasteiger partial charge is 0.246 e. The first-order valence-corrected chi connectivity index (χ1v) is 6.61. The number of rotatable bonds is 5. The zero-order valence-electron chi connectivity index (χ0n) is 10.8. The first-order valence-electron chi connectivity index (χ1n) is 5.17. The van der Waals surface area contributed by atoms with Gasteiger partial charge in [0.05, 0.1) is 20.8 Å². The summed E-state index contributed by atoms with van der Waals surface area (Å²) in [4.78, 5) is -0.0724. The van der Waals surface area contributed by atoms with Crippen molar-refractivity contribution >= 4 is 10.0 Å². The van der Waals surface area contributed by atoms with Crippen LogP contribution in [-0.2, 0) is 16.6 Å². The van der Waals surface area contributed by atoms with Gasteiger partial charge in [0.1, 0.15) is 16.4 Å². The Labute approximate surface area is 107 Å². The van der Waals surface area contributed by atoms with Gasteiger partial charge in [0.2, 0.25) is 10.0 Å². The molecule has 0 aromatic heterocycles. The Kier molecular flexibility index (Phi) is 4.55. The van der Waals surface area contributed by atoms with E-state index in [1.54, 1.807) is 6.07 Å². The van der Waals surface area contributed by atoms with Gasteiger partial charge in [-0.05, 0) is 12.1 Å². The lowest BCUT2D eigenvalue weighted by Crippen LogP contribution is -2.24. The fourth-order valence-corrected chi connectivity index (χ4v) is 2.80. The van der Waals surface area contributed by atoms with Crippen molar-refractivity contribution in [3.05, 3.63) is 17.7 Å². The van der Waals surface area contributed by atoms with Gasteiger partial charge in [0.25, 0.3) is 0 Å². The van der Waals surface area contributed by atoms with Crippen molar-refractivity contribution in [2.75, 3.05) is 28.3 Å². The standard InChI is InChI=1S/C11H17NO5S/c1-12(2)18(14,15)11-8(7-13)9(16-3)5-6-10(11)17-4/h5-6,13H,7H2,1-4H3. The molecule has 7 heteroatoms. The van der Waals surface area contributed by atoms with Crippen molar-refractivity contribution in [1.82, 2.24) is 4.31 Å². The Morgan fingerprint density at radius 2 is 1.67 bits per heavy atom. The predicted molar refractivity (Wildman–Crippen MR) is 66.3 cm³/mol. The van der Waals surface area contributed by atoms with Crippen molar-refractivity contribution in [1.29, 1.82) is 0 Å². The molecule has 0 amide bonds. The maximum Gasteiger partial charge on any atom is 0.246 e. The second-order valence-corrected chi connectivity index (χ2v) is 5.81. The Bertz CT molecular complexity index is 524. The summed E-state index contributed by atoms with van der Waals surface area (Å²) in [5, 5.41) is 9.38. The van der Waals surface area contributed by atoms with E-state index in [1.807, 2.05) is 0 Å². The van der Waals surface area contributed by atoms with Gasteiger partial charge in [-0.25, -0.2) is 12.7 Å². The van der Waals surface area contributed by atoms with E-state index in [0.717, 1.165) is 4.31 Å². The normalized spacial score (nSPS) is 11.7. The van der Waals surface area contributed by atoms with Crippen LogP contribution in [0.2, 0.25) is 0 Å². The van der Waals surface area contributed by atoms with Crippen LogP contribution in [-0.4, -0.2) is 46.1 Å². The topological polar surface area (TPSA) is 76.1 Å². The van der Waals surface area contributed by atoms with Crippen LogP contribution in [0.15, 0.2) is 17.0 Å². The molecule has 1 aromatic carbocycles.